The zero-order valence-corrected chi connectivity index (χ0v) is 24.4. The lowest BCUT2D eigenvalue weighted by molar-refractivity contribution is -0.116. The van der Waals surface area contributed by atoms with E-state index in [1.165, 1.54) is 18.2 Å². The average molecular weight is 654 g/mol. The fourth-order valence-corrected chi connectivity index (χ4v) is 5.99. The molecule has 2 aliphatic rings. The van der Waals surface area contributed by atoms with Crippen molar-refractivity contribution in [2.75, 3.05) is 4.90 Å². The highest BCUT2D eigenvalue weighted by atomic mass is 127. The Morgan fingerprint density at radius 2 is 1.87 bits per heavy atom. The van der Waals surface area contributed by atoms with Crippen LogP contribution in [0.4, 0.5) is 10.1 Å². The first-order valence-corrected chi connectivity index (χ1v) is 14.0. The zero-order chi connectivity index (χ0) is 27.8. The summed E-state index contributed by atoms with van der Waals surface area (Å²) in [5.74, 6) is -0.264. The van der Waals surface area contributed by atoms with Crippen LogP contribution in [0.2, 0.25) is 5.02 Å². The number of ether oxygens (including phenoxy) is 1. The van der Waals surface area contributed by atoms with Crippen molar-refractivity contribution in [2.45, 2.75) is 45.6 Å². The highest BCUT2D eigenvalue weighted by Crippen LogP contribution is 2.47. The first-order chi connectivity index (χ1) is 18.7. The second-order valence-corrected chi connectivity index (χ2v) is 11.4. The lowest BCUT2D eigenvalue weighted by Crippen LogP contribution is -2.39. The number of rotatable bonds is 5. The molecular formula is C31H26ClFIN3O2. The molecule has 5 rings (SSSR count). The molecule has 1 unspecified atom stereocenters. The summed E-state index contributed by atoms with van der Waals surface area (Å²) in [5.41, 5.74) is 13.0. The molecule has 3 aromatic rings. The molecule has 1 heterocycles. The van der Waals surface area contributed by atoms with Crippen LogP contribution < -0.4 is 15.4 Å². The van der Waals surface area contributed by atoms with Gasteiger partial charge in [-0.25, -0.2) is 4.39 Å². The van der Waals surface area contributed by atoms with Crippen molar-refractivity contribution in [2.24, 2.45) is 5.73 Å². The fraction of sp³-hybridized carbons (Fsp3) is 0.226. The molecule has 0 spiro atoms. The summed E-state index contributed by atoms with van der Waals surface area (Å²) in [6.45, 7) is 4.15. The second-order valence-electron chi connectivity index (χ2n) is 9.79. The van der Waals surface area contributed by atoms with E-state index in [0.717, 1.165) is 43.6 Å². The van der Waals surface area contributed by atoms with Crippen LogP contribution in [0.25, 0.3) is 0 Å². The number of halogens is 3. The Bertz CT molecular complexity index is 1590. The van der Waals surface area contributed by atoms with Crippen LogP contribution in [-0.4, -0.2) is 5.78 Å². The predicted octanol–water partition coefficient (Wildman–Crippen LogP) is 7.58. The number of aryl methyl sites for hydroxylation is 2. The number of hydrogen-bond donors (Lipinski definition) is 1. The van der Waals surface area contributed by atoms with Crippen LogP contribution in [-0.2, 0) is 11.4 Å². The molecule has 0 saturated carbocycles. The summed E-state index contributed by atoms with van der Waals surface area (Å²) in [6, 6.07) is 18.2. The number of Topliss-reactive ketones (excluding diaryl/α,β-unsaturated/α-hetero) is 1. The van der Waals surface area contributed by atoms with Crippen LogP contribution in [0.1, 0.15) is 47.4 Å². The van der Waals surface area contributed by atoms with E-state index in [1.807, 2.05) is 55.1 Å². The van der Waals surface area contributed by atoms with Crippen LogP contribution in [0.3, 0.4) is 0 Å². The van der Waals surface area contributed by atoms with Crippen molar-refractivity contribution in [1.82, 2.24) is 0 Å². The van der Waals surface area contributed by atoms with Crippen molar-refractivity contribution < 1.29 is 13.9 Å². The van der Waals surface area contributed by atoms with Gasteiger partial charge >= 0.3 is 0 Å². The van der Waals surface area contributed by atoms with E-state index >= 15 is 0 Å². The van der Waals surface area contributed by atoms with Crippen molar-refractivity contribution in [3.63, 3.8) is 0 Å². The number of nitriles is 1. The van der Waals surface area contributed by atoms with Gasteiger partial charge in [0.15, 0.2) is 5.78 Å². The minimum atomic E-state index is -0.577. The van der Waals surface area contributed by atoms with E-state index in [9.17, 15) is 14.4 Å². The van der Waals surface area contributed by atoms with Crippen LogP contribution in [0.15, 0.2) is 77.3 Å². The Kier molecular flexibility index (Phi) is 7.70. The van der Waals surface area contributed by atoms with Gasteiger partial charge in [-0.3, -0.25) is 9.69 Å². The molecule has 8 heteroatoms. The van der Waals surface area contributed by atoms with Crippen molar-refractivity contribution in [3.05, 3.63) is 114 Å². The lowest BCUT2D eigenvalue weighted by Gasteiger charge is -2.40. The predicted molar refractivity (Wildman–Crippen MR) is 159 cm³/mol. The first-order valence-electron chi connectivity index (χ1n) is 12.6. The highest BCUT2D eigenvalue weighted by Gasteiger charge is 2.41. The first kappa shape index (κ1) is 27.2. The number of benzene rings is 3. The smallest absolute Gasteiger partial charge is 0.161 e. The zero-order valence-electron chi connectivity index (χ0n) is 21.5. The lowest BCUT2D eigenvalue weighted by atomic mass is 9.74. The molecule has 5 nitrogen and oxygen atoms in total. The van der Waals surface area contributed by atoms with Crippen LogP contribution >= 0.6 is 34.2 Å². The van der Waals surface area contributed by atoms with Crippen molar-refractivity contribution >= 4 is 45.7 Å². The molecule has 0 aromatic heterocycles. The highest BCUT2D eigenvalue weighted by molar-refractivity contribution is 14.1. The van der Waals surface area contributed by atoms with Crippen LogP contribution in [0.5, 0.6) is 5.75 Å². The van der Waals surface area contributed by atoms with Crippen LogP contribution in [0, 0.1) is 34.6 Å². The quantitative estimate of drug-likeness (QED) is 0.287. The molecule has 2 N–H and O–H groups in total. The van der Waals surface area contributed by atoms with E-state index < -0.39 is 11.7 Å². The van der Waals surface area contributed by atoms with Crippen molar-refractivity contribution in [1.29, 1.82) is 5.26 Å². The van der Waals surface area contributed by atoms with E-state index in [4.69, 9.17) is 22.1 Å². The molecular weight excluding hydrogens is 628 g/mol. The Morgan fingerprint density at radius 3 is 2.56 bits per heavy atom. The number of ketones is 1. The minimum absolute atomic E-state index is 0.0351. The summed E-state index contributed by atoms with van der Waals surface area (Å²) in [4.78, 5) is 15.4. The molecule has 0 saturated heterocycles. The summed E-state index contributed by atoms with van der Waals surface area (Å²) in [5, 5.41) is 10.6. The number of carbonyl (C=O) groups is 1. The molecule has 0 radical (unpaired) electrons. The molecule has 1 atom stereocenters. The van der Waals surface area contributed by atoms with Gasteiger partial charge in [0, 0.05) is 26.9 Å². The second kappa shape index (κ2) is 11.0. The maximum Gasteiger partial charge on any atom is 0.161 e. The summed E-state index contributed by atoms with van der Waals surface area (Å²) < 4.78 is 20.5. The summed E-state index contributed by atoms with van der Waals surface area (Å²) in [7, 11) is 0. The third-order valence-corrected chi connectivity index (χ3v) is 8.33. The number of carbonyl (C=O) groups excluding carboxylic acids is 1. The number of hydrogen-bond acceptors (Lipinski definition) is 5. The molecule has 0 amide bonds. The van der Waals surface area contributed by atoms with Gasteiger partial charge in [0.1, 0.15) is 24.0 Å². The van der Waals surface area contributed by atoms with Gasteiger partial charge in [0.05, 0.1) is 22.6 Å². The van der Waals surface area contributed by atoms with E-state index in [0.29, 0.717) is 35.6 Å². The van der Waals surface area contributed by atoms with Gasteiger partial charge in [-0.1, -0.05) is 23.7 Å². The van der Waals surface area contributed by atoms with Gasteiger partial charge in [0.25, 0.3) is 0 Å². The van der Waals surface area contributed by atoms with Crippen molar-refractivity contribution in [3.8, 4) is 11.8 Å². The van der Waals surface area contributed by atoms with Gasteiger partial charge < -0.3 is 10.5 Å². The Morgan fingerprint density at radius 1 is 1.13 bits per heavy atom. The molecule has 0 fully saturated rings. The monoisotopic (exact) mass is 653 g/mol. The molecule has 1 aliphatic carbocycles. The summed E-state index contributed by atoms with van der Waals surface area (Å²) in [6.07, 6.45) is 1.84. The maximum atomic E-state index is 13.5. The van der Waals surface area contributed by atoms with E-state index in [2.05, 4.69) is 28.7 Å². The van der Waals surface area contributed by atoms with Gasteiger partial charge in [-0.05, 0) is 114 Å². The molecule has 3 aromatic carbocycles. The van der Waals surface area contributed by atoms with Gasteiger partial charge in [0.2, 0.25) is 0 Å². The number of nitrogens with two attached hydrogens (primary N) is 1. The van der Waals surface area contributed by atoms with Gasteiger partial charge in [-0.2, -0.15) is 5.26 Å². The molecule has 39 heavy (non-hydrogen) atoms. The number of nitrogens with zero attached hydrogens (tertiary/aromatic N) is 2. The Labute approximate surface area is 245 Å². The van der Waals surface area contributed by atoms with E-state index in [-0.39, 0.29) is 17.4 Å². The van der Waals surface area contributed by atoms with Gasteiger partial charge in [-0.15, -0.1) is 0 Å². The fourth-order valence-electron chi connectivity index (χ4n) is 5.41. The maximum absolute atomic E-state index is 13.5. The molecule has 0 bridgehead atoms. The molecule has 198 valence electrons. The normalized spacial score (nSPS) is 17.3. The standard InChI is InChI=1S/C31H26ClFIN3O2/c1-17-12-18(2)23(13-19(17)16-39-28-11-6-20(33)14-25(28)32)29-24(15-35)31(36)37(22-9-7-21(34)8-10-22)26-4-3-5-27(38)30(26)29/h6-14,29H,3-5,16,36H2,1-2H3. The summed E-state index contributed by atoms with van der Waals surface area (Å²) >= 11 is 8.41. The third-order valence-electron chi connectivity index (χ3n) is 7.31. The number of anilines is 1. The topological polar surface area (TPSA) is 79.4 Å². The SMILES string of the molecule is Cc1cc(C)c(C2C(C#N)=C(N)N(c3ccc(I)cc3)C3=C2C(=O)CCC3)cc1COc1ccc(F)cc1Cl. The third kappa shape index (κ3) is 5.15. The molecule has 1 aliphatic heterocycles. The Balaban J connectivity index is 1.61. The average Bonchev–Trinajstić information content (AvgIpc) is 2.89. The largest absolute Gasteiger partial charge is 0.487 e. The Hall–Kier alpha value is -3.35. The minimum Gasteiger partial charge on any atom is -0.487 e. The van der Waals surface area contributed by atoms with E-state index in [1.54, 1.807) is 0 Å². The number of allylic oxidation sites excluding steroid dienone is 3.